The Morgan fingerprint density at radius 1 is 1.17 bits per heavy atom. The van der Waals surface area contributed by atoms with E-state index >= 15 is 0 Å². The Morgan fingerprint density at radius 3 is 2.61 bits per heavy atom. The van der Waals surface area contributed by atoms with Crippen molar-refractivity contribution in [2.75, 3.05) is 6.54 Å². The van der Waals surface area contributed by atoms with Crippen LogP contribution >= 0.6 is 11.6 Å². The lowest BCUT2D eigenvalue weighted by atomic mass is 9.83. The average molecular weight is 270 g/mol. The molecule has 0 radical (unpaired) electrons. The van der Waals surface area contributed by atoms with Crippen LogP contribution in [0.25, 0.3) is 0 Å². The van der Waals surface area contributed by atoms with Crippen LogP contribution in [0, 0.1) is 17.7 Å². The van der Waals surface area contributed by atoms with Crippen LogP contribution in [-0.2, 0) is 6.42 Å². The van der Waals surface area contributed by atoms with Gasteiger partial charge in [-0.05, 0) is 49.3 Å². The third kappa shape index (κ3) is 3.24. The standard InChI is InChI=1S/C15H21ClFN/c16-14-8-4-7-12(15(14)17)9-11-5-2-1-3-6-13(11)10-18/h4,7-8,11,13H,1-3,5-6,9-10,18H2. The summed E-state index contributed by atoms with van der Waals surface area (Å²) in [7, 11) is 0. The van der Waals surface area contributed by atoms with Crippen LogP contribution in [0.1, 0.15) is 37.7 Å². The van der Waals surface area contributed by atoms with Gasteiger partial charge in [-0.1, -0.05) is 43.0 Å². The van der Waals surface area contributed by atoms with Crippen LogP contribution in [0.5, 0.6) is 0 Å². The highest BCUT2D eigenvalue weighted by Crippen LogP contribution is 2.32. The number of rotatable bonds is 3. The summed E-state index contributed by atoms with van der Waals surface area (Å²) in [6.07, 6.45) is 6.90. The van der Waals surface area contributed by atoms with E-state index in [1.807, 2.05) is 12.1 Å². The molecule has 18 heavy (non-hydrogen) atoms. The van der Waals surface area contributed by atoms with Gasteiger partial charge in [0.05, 0.1) is 5.02 Å². The monoisotopic (exact) mass is 269 g/mol. The summed E-state index contributed by atoms with van der Waals surface area (Å²) in [5.41, 5.74) is 6.61. The fraction of sp³-hybridized carbons (Fsp3) is 0.600. The van der Waals surface area contributed by atoms with E-state index in [-0.39, 0.29) is 10.8 Å². The fourth-order valence-corrected chi connectivity index (χ4v) is 3.22. The summed E-state index contributed by atoms with van der Waals surface area (Å²) in [6, 6.07) is 5.28. The van der Waals surface area contributed by atoms with Gasteiger partial charge in [0, 0.05) is 0 Å². The molecule has 2 rings (SSSR count). The van der Waals surface area contributed by atoms with E-state index < -0.39 is 0 Å². The minimum Gasteiger partial charge on any atom is -0.330 e. The first-order valence-corrected chi connectivity index (χ1v) is 7.23. The van der Waals surface area contributed by atoms with Crippen molar-refractivity contribution < 1.29 is 4.39 Å². The highest BCUT2D eigenvalue weighted by molar-refractivity contribution is 6.30. The Kier molecular flexibility index (Phi) is 5.02. The van der Waals surface area contributed by atoms with Crippen LogP contribution < -0.4 is 5.73 Å². The van der Waals surface area contributed by atoms with Crippen LogP contribution in [-0.4, -0.2) is 6.54 Å². The molecule has 0 saturated heterocycles. The third-order valence-electron chi connectivity index (χ3n) is 4.13. The van der Waals surface area contributed by atoms with E-state index in [9.17, 15) is 4.39 Å². The van der Waals surface area contributed by atoms with E-state index in [0.29, 0.717) is 18.4 Å². The van der Waals surface area contributed by atoms with Crippen molar-refractivity contribution in [3.8, 4) is 0 Å². The normalized spacial score (nSPS) is 24.8. The lowest BCUT2D eigenvalue weighted by Gasteiger charge is -2.24. The van der Waals surface area contributed by atoms with Crippen molar-refractivity contribution >= 4 is 11.6 Å². The Bertz CT molecular complexity index is 394. The molecule has 0 bridgehead atoms. The first-order valence-electron chi connectivity index (χ1n) is 6.85. The number of hydrogen-bond donors (Lipinski definition) is 1. The first kappa shape index (κ1) is 13.8. The minimum absolute atomic E-state index is 0.227. The molecule has 1 fully saturated rings. The van der Waals surface area contributed by atoms with Gasteiger partial charge in [-0.15, -0.1) is 0 Å². The molecule has 1 aromatic carbocycles. The molecule has 1 aliphatic rings. The molecular weight excluding hydrogens is 249 g/mol. The zero-order valence-electron chi connectivity index (χ0n) is 10.7. The lowest BCUT2D eigenvalue weighted by Crippen LogP contribution is -2.24. The quantitative estimate of drug-likeness (QED) is 0.819. The maximum absolute atomic E-state index is 13.9. The van der Waals surface area contributed by atoms with Crippen molar-refractivity contribution in [2.24, 2.45) is 17.6 Å². The van der Waals surface area contributed by atoms with E-state index in [1.54, 1.807) is 6.07 Å². The lowest BCUT2D eigenvalue weighted by molar-refractivity contribution is 0.315. The predicted octanol–water partition coefficient (Wildman–Crippen LogP) is 4.18. The van der Waals surface area contributed by atoms with Gasteiger partial charge < -0.3 is 5.73 Å². The van der Waals surface area contributed by atoms with Gasteiger partial charge in [0.1, 0.15) is 5.82 Å². The summed E-state index contributed by atoms with van der Waals surface area (Å²) < 4.78 is 13.9. The Hall–Kier alpha value is -0.600. The first-order chi connectivity index (χ1) is 8.72. The van der Waals surface area contributed by atoms with Gasteiger partial charge in [-0.25, -0.2) is 4.39 Å². The molecule has 0 aliphatic heterocycles. The van der Waals surface area contributed by atoms with Gasteiger partial charge in [0.2, 0.25) is 0 Å². The number of hydrogen-bond acceptors (Lipinski definition) is 1. The highest BCUT2D eigenvalue weighted by atomic mass is 35.5. The second kappa shape index (κ2) is 6.53. The summed E-state index contributed by atoms with van der Waals surface area (Å²) in [5.74, 6) is 0.788. The van der Waals surface area contributed by atoms with Crippen molar-refractivity contribution in [1.29, 1.82) is 0 Å². The molecule has 0 amide bonds. The van der Waals surface area contributed by atoms with Crippen LogP contribution in [0.15, 0.2) is 18.2 Å². The zero-order valence-corrected chi connectivity index (χ0v) is 11.4. The topological polar surface area (TPSA) is 26.0 Å². The minimum atomic E-state index is -0.251. The molecule has 1 nitrogen and oxygen atoms in total. The molecule has 1 aliphatic carbocycles. The molecule has 2 unspecified atom stereocenters. The fourth-order valence-electron chi connectivity index (χ4n) is 3.03. The molecule has 3 heteroatoms. The van der Waals surface area contributed by atoms with Crippen molar-refractivity contribution in [1.82, 2.24) is 0 Å². The van der Waals surface area contributed by atoms with E-state index in [4.69, 9.17) is 17.3 Å². The van der Waals surface area contributed by atoms with Gasteiger partial charge in [0.15, 0.2) is 0 Å². The highest BCUT2D eigenvalue weighted by Gasteiger charge is 2.24. The molecule has 1 saturated carbocycles. The summed E-state index contributed by atoms with van der Waals surface area (Å²) >= 11 is 5.83. The second-order valence-corrected chi connectivity index (χ2v) is 5.72. The molecule has 2 atom stereocenters. The van der Waals surface area contributed by atoms with E-state index in [1.165, 1.54) is 25.7 Å². The zero-order chi connectivity index (χ0) is 13.0. The van der Waals surface area contributed by atoms with Gasteiger partial charge in [0.25, 0.3) is 0 Å². The summed E-state index contributed by atoms with van der Waals surface area (Å²) in [5, 5.41) is 0.227. The van der Waals surface area contributed by atoms with E-state index in [2.05, 4.69) is 0 Å². The second-order valence-electron chi connectivity index (χ2n) is 5.31. The van der Waals surface area contributed by atoms with Crippen LogP contribution in [0.3, 0.4) is 0 Å². The molecular formula is C15H21ClFN. The molecule has 0 aromatic heterocycles. The smallest absolute Gasteiger partial charge is 0.144 e. The Morgan fingerprint density at radius 2 is 1.89 bits per heavy atom. The maximum Gasteiger partial charge on any atom is 0.144 e. The Balaban J connectivity index is 2.12. The van der Waals surface area contributed by atoms with E-state index in [0.717, 1.165) is 18.4 Å². The van der Waals surface area contributed by atoms with Crippen molar-refractivity contribution in [3.05, 3.63) is 34.6 Å². The summed E-state index contributed by atoms with van der Waals surface area (Å²) in [4.78, 5) is 0. The van der Waals surface area contributed by atoms with Gasteiger partial charge >= 0.3 is 0 Å². The molecule has 100 valence electrons. The molecule has 2 N–H and O–H groups in total. The molecule has 0 heterocycles. The third-order valence-corrected chi connectivity index (χ3v) is 4.42. The van der Waals surface area contributed by atoms with Gasteiger partial charge in [-0.3, -0.25) is 0 Å². The van der Waals surface area contributed by atoms with Crippen molar-refractivity contribution in [3.63, 3.8) is 0 Å². The van der Waals surface area contributed by atoms with Crippen molar-refractivity contribution in [2.45, 2.75) is 38.5 Å². The average Bonchev–Trinajstić information content (AvgIpc) is 2.60. The number of halogens is 2. The van der Waals surface area contributed by atoms with Gasteiger partial charge in [-0.2, -0.15) is 0 Å². The SMILES string of the molecule is NCC1CCCCCC1Cc1cccc(Cl)c1F. The van der Waals surface area contributed by atoms with Crippen LogP contribution in [0.2, 0.25) is 5.02 Å². The summed E-state index contributed by atoms with van der Waals surface area (Å²) in [6.45, 7) is 0.715. The van der Waals surface area contributed by atoms with Crippen LogP contribution in [0.4, 0.5) is 4.39 Å². The number of benzene rings is 1. The largest absolute Gasteiger partial charge is 0.330 e. The molecule has 1 aromatic rings. The predicted molar refractivity (Wildman–Crippen MR) is 74.2 cm³/mol. The number of nitrogens with two attached hydrogens (primary N) is 1. The molecule has 0 spiro atoms. The maximum atomic E-state index is 13.9. The Labute approximate surface area is 114 Å².